The predicted octanol–water partition coefficient (Wildman–Crippen LogP) is 3.28. The van der Waals surface area contributed by atoms with Gasteiger partial charge in [-0.3, -0.25) is 9.69 Å². The van der Waals surface area contributed by atoms with Gasteiger partial charge in [0.05, 0.1) is 0 Å². The first kappa shape index (κ1) is 11.2. The van der Waals surface area contributed by atoms with Gasteiger partial charge in [0, 0.05) is 22.6 Å². The van der Waals surface area contributed by atoms with E-state index < -0.39 is 0 Å². The van der Waals surface area contributed by atoms with E-state index >= 15 is 0 Å². The third-order valence-corrected chi connectivity index (χ3v) is 4.47. The zero-order valence-corrected chi connectivity index (χ0v) is 11.2. The number of aromatic nitrogens is 1. The van der Waals surface area contributed by atoms with Crippen LogP contribution >= 0.6 is 15.9 Å². The summed E-state index contributed by atoms with van der Waals surface area (Å²) in [5.41, 5.74) is 0.0813. The summed E-state index contributed by atoms with van der Waals surface area (Å²) in [5, 5.41) is 0. The maximum absolute atomic E-state index is 12.1. The van der Waals surface area contributed by atoms with Crippen LogP contribution in [0.4, 0.5) is 5.82 Å². The molecule has 1 aromatic rings. The van der Waals surface area contributed by atoms with E-state index in [9.17, 15) is 4.79 Å². The second-order valence-corrected chi connectivity index (χ2v) is 5.91. The zero-order valence-electron chi connectivity index (χ0n) is 9.66. The van der Waals surface area contributed by atoms with Crippen LogP contribution in [-0.4, -0.2) is 16.4 Å². The maximum Gasteiger partial charge on any atom is 0.228 e. The highest BCUT2D eigenvalue weighted by molar-refractivity contribution is 9.10. The Balaban J connectivity index is 1.98. The topological polar surface area (TPSA) is 33.2 Å². The van der Waals surface area contributed by atoms with E-state index in [1.165, 1.54) is 12.8 Å². The van der Waals surface area contributed by atoms with Gasteiger partial charge in [0.1, 0.15) is 5.82 Å². The van der Waals surface area contributed by atoms with Crippen molar-refractivity contribution in [3.05, 3.63) is 22.8 Å². The molecular formula is C13H15BrN2O. The maximum atomic E-state index is 12.1. The molecule has 0 bridgehead atoms. The molecule has 1 aliphatic carbocycles. The number of rotatable bonds is 1. The summed E-state index contributed by atoms with van der Waals surface area (Å²) in [5.74, 6) is 1.05. The van der Waals surface area contributed by atoms with Crippen LogP contribution in [0.2, 0.25) is 0 Å². The molecule has 0 radical (unpaired) electrons. The highest BCUT2D eigenvalue weighted by Crippen LogP contribution is 2.45. The van der Waals surface area contributed by atoms with Crippen molar-refractivity contribution in [3.63, 3.8) is 0 Å². The number of carbonyl (C=O) groups excluding carboxylic acids is 1. The molecule has 1 aliphatic heterocycles. The molecular weight excluding hydrogens is 280 g/mol. The number of halogens is 1. The number of anilines is 1. The summed E-state index contributed by atoms with van der Waals surface area (Å²) >= 11 is 3.38. The van der Waals surface area contributed by atoms with Crippen LogP contribution in [-0.2, 0) is 4.79 Å². The second-order valence-electron chi connectivity index (χ2n) is 5.00. The Bertz CT molecular complexity index is 437. The van der Waals surface area contributed by atoms with Gasteiger partial charge < -0.3 is 0 Å². The minimum atomic E-state index is 0.0813. The molecule has 1 saturated heterocycles. The number of pyridine rings is 1. The van der Waals surface area contributed by atoms with Gasteiger partial charge in [0.2, 0.25) is 5.91 Å². The van der Waals surface area contributed by atoms with E-state index in [1.54, 1.807) is 6.20 Å². The molecule has 17 heavy (non-hydrogen) atoms. The molecule has 1 aromatic heterocycles. The largest absolute Gasteiger partial charge is 0.291 e. The summed E-state index contributed by atoms with van der Waals surface area (Å²) < 4.78 is 0.952. The van der Waals surface area contributed by atoms with Crippen molar-refractivity contribution in [2.45, 2.75) is 44.1 Å². The summed E-state index contributed by atoms with van der Waals surface area (Å²) in [6, 6.07) is 3.89. The van der Waals surface area contributed by atoms with Crippen molar-refractivity contribution in [3.8, 4) is 0 Å². The summed E-state index contributed by atoms with van der Waals surface area (Å²) in [6.45, 7) is 0. The molecule has 1 spiro atoms. The van der Waals surface area contributed by atoms with Crippen molar-refractivity contribution in [2.24, 2.45) is 0 Å². The summed E-state index contributed by atoms with van der Waals surface area (Å²) in [6.07, 6.45) is 8.19. The van der Waals surface area contributed by atoms with E-state index in [2.05, 4.69) is 20.9 Å². The van der Waals surface area contributed by atoms with Crippen LogP contribution in [0, 0.1) is 0 Å². The van der Waals surface area contributed by atoms with Gasteiger partial charge in [-0.05, 0) is 47.3 Å². The summed E-state index contributed by atoms with van der Waals surface area (Å²) in [4.78, 5) is 18.4. The normalized spacial score (nSPS) is 22.6. The first-order chi connectivity index (χ1) is 8.21. The minimum absolute atomic E-state index is 0.0813. The van der Waals surface area contributed by atoms with Crippen molar-refractivity contribution < 1.29 is 4.79 Å². The fourth-order valence-electron chi connectivity index (χ4n) is 3.21. The van der Waals surface area contributed by atoms with Crippen molar-refractivity contribution in [1.82, 2.24) is 4.98 Å². The van der Waals surface area contributed by atoms with Gasteiger partial charge in [0.25, 0.3) is 0 Å². The Morgan fingerprint density at radius 2 is 2.00 bits per heavy atom. The van der Waals surface area contributed by atoms with Crippen LogP contribution in [0.15, 0.2) is 22.8 Å². The highest BCUT2D eigenvalue weighted by atomic mass is 79.9. The first-order valence-corrected chi connectivity index (χ1v) is 6.95. The molecule has 0 atom stereocenters. The fraction of sp³-hybridized carbons (Fsp3) is 0.538. The van der Waals surface area contributed by atoms with Gasteiger partial charge in [-0.2, -0.15) is 0 Å². The van der Waals surface area contributed by atoms with Gasteiger partial charge in [-0.25, -0.2) is 4.98 Å². The Hall–Kier alpha value is -0.900. The lowest BCUT2D eigenvalue weighted by Crippen LogP contribution is -2.44. The second kappa shape index (κ2) is 4.09. The molecule has 1 saturated carbocycles. The molecule has 3 nitrogen and oxygen atoms in total. The number of nitrogens with zero attached hydrogens (tertiary/aromatic N) is 2. The molecule has 2 fully saturated rings. The highest BCUT2D eigenvalue weighted by Gasteiger charge is 2.47. The van der Waals surface area contributed by atoms with Gasteiger partial charge >= 0.3 is 0 Å². The van der Waals surface area contributed by atoms with Gasteiger partial charge in [-0.1, -0.05) is 12.8 Å². The molecule has 2 aliphatic rings. The van der Waals surface area contributed by atoms with Gasteiger partial charge in [0.15, 0.2) is 0 Å². The van der Waals surface area contributed by atoms with E-state index in [-0.39, 0.29) is 11.4 Å². The number of hydrogen-bond acceptors (Lipinski definition) is 2. The van der Waals surface area contributed by atoms with E-state index in [0.29, 0.717) is 6.42 Å². The van der Waals surface area contributed by atoms with Crippen LogP contribution in [0.3, 0.4) is 0 Å². The summed E-state index contributed by atoms with van der Waals surface area (Å²) in [7, 11) is 0. The SMILES string of the molecule is O=C1CCC2(CCCC2)N1c1ccc(Br)cn1. The Kier molecular flexibility index (Phi) is 2.69. The Morgan fingerprint density at radius 3 is 2.65 bits per heavy atom. The molecule has 1 amide bonds. The van der Waals surface area contributed by atoms with Crippen LogP contribution in [0.1, 0.15) is 38.5 Å². The lowest BCUT2D eigenvalue weighted by atomic mass is 9.94. The van der Waals surface area contributed by atoms with E-state index in [4.69, 9.17) is 0 Å². The lowest BCUT2D eigenvalue weighted by molar-refractivity contribution is -0.117. The van der Waals surface area contributed by atoms with Crippen molar-refractivity contribution in [2.75, 3.05) is 4.90 Å². The number of carbonyl (C=O) groups is 1. The first-order valence-electron chi connectivity index (χ1n) is 6.16. The Morgan fingerprint density at radius 1 is 1.24 bits per heavy atom. The molecule has 0 N–H and O–H groups in total. The Labute approximate surface area is 109 Å². The van der Waals surface area contributed by atoms with E-state index in [1.807, 2.05) is 17.0 Å². The third kappa shape index (κ3) is 1.79. The van der Waals surface area contributed by atoms with Gasteiger partial charge in [-0.15, -0.1) is 0 Å². The fourth-order valence-corrected chi connectivity index (χ4v) is 3.44. The molecule has 0 aromatic carbocycles. The number of hydrogen-bond donors (Lipinski definition) is 0. The molecule has 2 heterocycles. The van der Waals surface area contributed by atoms with Crippen LogP contribution in [0.25, 0.3) is 0 Å². The quantitative estimate of drug-likeness (QED) is 0.796. The average Bonchev–Trinajstić information content (AvgIpc) is 2.91. The van der Waals surface area contributed by atoms with Crippen molar-refractivity contribution >= 4 is 27.7 Å². The van der Waals surface area contributed by atoms with Crippen molar-refractivity contribution in [1.29, 1.82) is 0 Å². The standard InChI is InChI=1S/C13H15BrN2O/c14-10-3-4-11(15-9-10)16-12(17)5-8-13(16)6-1-2-7-13/h3-4,9H,1-2,5-8H2. The molecule has 4 heteroatoms. The number of amides is 1. The monoisotopic (exact) mass is 294 g/mol. The van der Waals surface area contributed by atoms with Crippen LogP contribution < -0.4 is 4.90 Å². The molecule has 90 valence electrons. The molecule has 3 rings (SSSR count). The van der Waals surface area contributed by atoms with E-state index in [0.717, 1.165) is 29.6 Å². The minimum Gasteiger partial charge on any atom is -0.291 e. The molecule has 0 unspecified atom stereocenters. The smallest absolute Gasteiger partial charge is 0.228 e. The third-order valence-electron chi connectivity index (χ3n) is 4.00. The lowest BCUT2D eigenvalue weighted by Gasteiger charge is -2.34. The predicted molar refractivity (Wildman–Crippen MR) is 69.9 cm³/mol. The zero-order chi connectivity index (χ0) is 11.9. The average molecular weight is 295 g/mol. The van der Waals surface area contributed by atoms with Crippen LogP contribution in [0.5, 0.6) is 0 Å².